The van der Waals surface area contributed by atoms with Gasteiger partial charge in [-0.25, -0.2) is 9.78 Å². The summed E-state index contributed by atoms with van der Waals surface area (Å²) >= 11 is 0. The molecule has 146 valence electrons. The van der Waals surface area contributed by atoms with Gasteiger partial charge in [0.1, 0.15) is 6.26 Å². The molecule has 1 aliphatic heterocycles. The quantitative estimate of drug-likeness (QED) is 0.735. The maximum atomic E-state index is 12.6. The van der Waals surface area contributed by atoms with Crippen LogP contribution in [0.5, 0.6) is 0 Å². The Morgan fingerprint density at radius 1 is 1.25 bits per heavy atom. The van der Waals surface area contributed by atoms with Gasteiger partial charge in [-0.15, -0.1) is 10.2 Å². The van der Waals surface area contributed by atoms with Crippen molar-refractivity contribution in [2.75, 3.05) is 25.0 Å². The second-order valence-corrected chi connectivity index (χ2v) is 6.78. The van der Waals surface area contributed by atoms with Gasteiger partial charge in [-0.2, -0.15) is 0 Å². The number of carbonyl (C=O) groups excluding carboxylic acids is 1. The van der Waals surface area contributed by atoms with Crippen LogP contribution in [0.25, 0.3) is 11.5 Å². The summed E-state index contributed by atoms with van der Waals surface area (Å²) < 4.78 is 16.6. The predicted molar refractivity (Wildman–Crippen MR) is 99.6 cm³/mol. The van der Waals surface area contributed by atoms with E-state index in [-0.39, 0.29) is 11.9 Å². The predicted octanol–water partition coefficient (Wildman–Crippen LogP) is 3.45. The van der Waals surface area contributed by atoms with Crippen molar-refractivity contribution in [1.29, 1.82) is 0 Å². The van der Waals surface area contributed by atoms with Crippen LogP contribution in [0.15, 0.2) is 45.6 Å². The van der Waals surface area contributed by atoms with Gasteiger partial charge >= 0.3 is 6.03 Å². The molecule has 1 aromatic carbocycles. The van der Waals surface area contributed by atoms with Gasteiger partial charge < -0.3 is 23.8 Å². The summed E-state index contributed by atoms with van der Waals surface area (Å²) in [4.78, 5) is 18.4. The topological polar surface area (TPSA) is 107 Å². The first-order valence-corrected chi connectivity index (χ1v) is 9.11. The maximum absolute atomic E-state index is 12.6. The van der Waals surface area contributed by atoms with Crippen LogP contribution in [0.4, 0.5) is 10.5 Å². The molecule has 1 unspecified atom stereocenters. The molecule has 3 aromatic rings. The summed E-state index contributed by atoms with van der Waals surface area (Å²) in [5.74, 6) is 1.64. The molecule has 9 heteroatoms. The third kappa shape index (κ3) is 3.89. The maximum Gasteiger partial charge on any atom is 0.322 e. The number of nitrogens with zero attached hydrogens (tertiary/aromatic N) is 4. The third-order valence-electron chi connectivity index (χ3n) is 4.39. The fourth-order valence-corrected chi connectivity index (χ4v) is 2.86. The summed E-state index contributed by atoms with van der Waals surface area (Å²) in [5.41, 5.74) is 1.52. The number of carbonyl (C=O) groups is 1. The zero-order valence-corrected chi connectivity index (χ0v) is 15.7. The lowest BCUT2D eigenvalue weighted by Crippen LogP contribution is -2.44. The summed E-state index contributed by atoms with van der Waals surface area (Å²) in [6.45, 7) is 5.19. The molecule has 1 fully saturated rings. The van der Waals surface area contributed by atoms with E-state index in [0.717, 1.165) is 5.56 Å². The van der Waals surface area contributed by atoms with E-state index in [0.29, 0.717) is 43.1 Å². The van der Waals surface area contributed by atoms with Crippen LogP contribution >= 0.6 is 0 Å². The molecular weight excluding hydrogens is 362 g/mol. The Hall–Kier alpha value is -3.20. The number of nitrogens with one attached hydrogen (secondary N) is 1. The molecule has 1 aliphatic rings. The number of amides is 2. The largest absolute Gasteiger partial charge is 0.445 e. The van der Waals surface area contributed by atoms with E-state index < -0.39 is 6.10 Å². The van der Waals surface area contributed by atoms with E-state index in [4.69, 9.17) is 13.6 Å². The number of morpholine rings is 1. The number of oxazole rings is 1. The molecule has 0 saturated carbocycles. The Balaban J connectivity index is 1.38. The summed E-state index contributed by atoms with van der Waals surface area (Å²) in [7, 11) is 0. The fourth-order valence-electron chi connectivity index (χ4n) is 2.86. The number of hydrogen-bond acceptors (Lipinski definition) is 7. The lowest BCUT2D eigenvalue weighted by atomic mass is 10.2. The highest BCUT2D eigenvalue weighted by atomic mass is 16.5. The summed E-state index contributed by atoms with van der Waals surface area (Å²) in [5, 5.41) is 11.0. The first-order valence-electron chi connectivity index (χ1n) is 9.11. The van der Waals surface area contributed by atoms with Crippen LogP contribution < -0.4 is 5.32 Å². The molecule has 0 aliphatic carbocycles. The molecule has 28 heavy (non-hydrogen) atoms. The summed E-state index contributed by atoms with van der Waals surface area (Å²) in [6.07, 6.45) is 2.69. The molecule has 0 radical (unpaired) electrons. The van der Waals surface area contributed by atoms with Gasteiger partial charge in [0.15, 0.2) is 6.10 Å². The second-order valence-electron chi connectivity index (χ2n) is 6.78. The third-order valence-corrected chi connectivity index (χ3v) is 4.39. The second kappa shape index (κ2) is 7.81. The molecule has 3 heterocycles. The van der Waals surface area contributed by atoms with Crippen LogP contribution in [0, 0.1) is 0 Å². The Bertz CT molecular complexity index is 920. The zero-order valence-electron chi connectivity index (χ0n) is 15.7. The Morgan fingerprint density at radius 3 is 2.75 bits per heavy atom. The van der Waals surface area contributed by atoms with E-state index in [9.17, 15) is 4.79 Å². The van der Waals surface area contributed by atoms with Crippen molar-refractivity contribution in [3.8, 4) is 11.5 Å². The number of ether oxygens (including phenoxy) is 1. The van der Waals surface area contributed by atoms with Crippen molar-refractivity contribution in [2.45, 2.75) is 25.9 Å². The standard InChI is InChI=1S/C19H21N5O4/c1-12(2)16-22-23-18(28-16)15-11-24(8-10-26-15)19(25)21-14-5-3-13(4-6-14)17-20-7-9-27-17/h3-7,9,12,15H,8,10-11H2,1-2H3,(H,21,25). The van der Waals surface area contributed by atoms with Crippen LogP contribution in [-0.4, -0.2) is 45.8 Å². The summed E-state index contributed by atoms with van der Waals surface area (Å²) in [6, 6.07) is 7.09. The number of anilines is 1. The smallest absolute Gasteiger partial charge is 0.322 e. The van der Waals surface area contributed by atoms with Crippen molar-refractivity contribution in [2.24, 2.45) is 0 Å². The SMILES string of the molecule is CC(C)c1nnc(C2CN(C(=O)Nc3ccc(-c4ncco4)cc3)CCO2)o1. The van der Waals surface area contributed by atoms with Crippen LogP contribution in [0.3, 0.4) is 0 Å². The number of urea groups is 1. The average molecular weight is 383 g/mol. The van der Waals surface area contributed by atoms with Crippen molar-refractivity contribution in [3.63, 3.8) is 0 Å². The van der Waals surface area contributed by atoms with Gasteiger partial charge in [-0.1, -0.05) is 13.8 Å². The van der Waals surface area contributed by atoms with Crippen LogP contribution in [0.2, 0.25) is 0 Å². The highest BCUT2D eigenvalue weighted by Gasteiger charge is 2.29. The van der Waals surface area contributed by atoms with E-state index in [1.54, 1.807) is 11.1 Å². The van der Waals surface area contributed by atoms with Gasteiger partial charge in [-0.3, -0.25) is 0 Å². The minimum absolute atomic E-state index is 0.142. The van der Waals surface area contributed by atoms with Gasteiger partial charge in [0.25, 0.3) is 0 Å². The Morgan fingerprint density at radius 2 is 2.07 bits per heavy atom. The molecular formula is C19H21N5O4. The van der Waals surface area contributed by atoms with Gasteiger partial charge in [-0.05, 0) is 24.3 Å². The van der Waals surface area contributed by atoms with E-state index in [1.807, 2.05) is 38.1 Å². The number of benzene rings is 1. The Kier molecular flexibility index (Phi) is 5.07. The average Bonchev–Trinajstić information content (AvgIpc) is 3.41. The molecule has 4 rings (SSSR count). The van der Waals surface area contributed by atoms with Crippen molar-refractivity contribution in [1.82, 2.24) is 20.1 Å². The first-order chi connectivity index (χ1) is 13.6. The zero-order chi connectivity index (χ0) is 19.5. The fraction of sp³-hybridized carbons (Fsp3) is 0.368. The molecule has 0 bridgehead atoms. The van der Waals surface area contributed by atoms with Crippen LogP contribution in [-0.2, 0) is 4.74 Å². The Labute approximate surface area is 161 Å². The number of hydrogen-bond donors (Lipinski definition) is 1. The highest BCUT2D eigenvalue weighted by Crippen LogP contribution is 2.24. The minimum Gasteiger partial charge on any atom is -0.445 e. The molecule has 2 aromatic heterocycles. The van der Waals surface area contributed by atoms with E-state index in [1.165, 1.54) is 6.26 Å². The molecule has 0 spiro atoms. The first kappa shape index (κ1) is 18.2. The van der Waals surface area contributed by atoms with Gasteiger partial charge in [0.05, 0.1) is 19.3 Å². The van der Waals surface area contributed by atoms with Gasteiger partial charge in [0, 0.05) is 23.7 Å². The van der Waals surface area contributed by atoms with E-state index in [2.05, 4.69) is 20.5 Å². The normalized spacial score (nSPS) is 17.1. The molecule has 1 N–H and O–H groups in total. The lowest BCUT2D eigenvalue weighted by molar-refractivity contribution is -0.0276. The van der Waals surface area contributed by atoms with Gasteiger partial charge in [0.2, 0.25) is 17.7 Å². The number of rotatable bonds is 4. The molecule has 2 amide bonds. The van der Waals surface area contributed by atoms with Crippen molar-refractivity contribution >= 4 is 11.7 Å². The van der Waals surface area contributed by atoms with E-state index >= 15 is 0 Å². The molecule has 1 atom stereocenters. The van der Waals surface area contributed by atoms with Crippen molar-refractivity contribution in [3.05, 3.63) is 48.5 Å². The number of aromatic nitrogens is 3. The van der Waals surface area contributed by atoms with Crippen LogP contribution in [0.1, 0.15) is 37.7 Å². The highest BCUT2D eigenvalue weighted by molar-refractivity contribution is 5.89. The molecule has 1 saturated heterocycles. The lowest BCUT2D eigenvalue weighted by Gasteiger charge is -2.31. The minimum atomic E-state index is -0.424. The monoisotopic (exact) mass is 383 g/mol. The molecule has 9 nitrogen and oxygen atoms in total. The van der Waals surface area contributed by atoms with Crippen molar-refractivity contribution < 1.29 is 18.4 Å².